The second-order valence-corrected chi connectivity index (χ2v) is 7.21. The van der Waals surface area contributed by atoms with Gasteiger partial charge in [0.05, 0.1) is 0 Å². The Morgan fingerprint density at radius 2 is 2.05 bits per heavy atom. The third-order valence-electron chi connectivity index (χ3n) is 4.09. The summed E-state index contributed by atoms with van der Waals surface area (Å²) < 4.78 is 11.4. The maximum atomic E-state index is 12.3. The molecule has 0 aromatic heterocycles. The Balaban J connectivity index is 2.01. The minimum Gasteiger partial charge on any atom is -0.344 e. The van der Waals surface area contributed by atoms with Gasteiger partial charge in [-0.05, 0) is 12.8 Å². The number of likely N-dealkylation sites (N-methyl/N-ethyl adjacent to an activating group) is 1. The van der Waals surface area contributed by atoms with E-state index < -0.39 is 10.8 Å². The first-order chi connectivity index (χ1) is 9.02. The van der Waals surface area contributed by atoms with Crippen LogP contribution in [0.2, 0.25) is 0 Å². The molecule has 6 heteroatoms. The van der Waals surface area contributed by atoms with Gasteiger partial charge in [-0.2, -0.15) is 0 Å². The van der Waals surface area contributed by atoms with Gasteiger partial charge in [-0.3, -0.25) is 13.8 Å². The SMILES string of the molecule is CCS(=O)CCC(=O)N1[C@@H]2CC[C@H]1CN(C)C(=O)C2. The van der Waals surface area contributed by atoms with Crippen molar-refractivity contribution >= 4 is 22.6 Å². The molecule has 2 heterocycles. The van der Waals surface area contributed by atoms with E-state index in [0.29, 0.717) is 30.9 Å². The molecule has 2 aliphatic rings. The Bertz CT molecular complexity index is 399. The molecular formula is C13H22N2O3S. The molecule has 19 heavy (non-hydrogen) atoms. The minimum absolute atomic E-state index is 0.0602. The second-order valence-electron chi connectivity index (χ2n) is 5.35. The van der Waals surface area contributed by atoms with Crippen LogP contribution in [0.3, 0.4) is 0 Å². The molecule has 1 unspecified atom stereocenters. The van der Waals surface area contributed by atoms with Crippen molar-refractivity contribution in [1.29, 1.82) is 0 Å². The lowest BCUT2D eigenvalue weighted by molar-refractivity contribution is -0.133. The van der Waals surface area contributed by atoms with E-state index in [1.165, 1.54) is 0 Å². The zero-order valence-corrected chi connectivity index (χ0v) is 12.4. The number of nitrogens with zero attached hydrogens (tertiary/aromatic N) is 2. The van der Waals surface area contributed by atoms with Crippen LogP contribution >= 0.6 is 0 Å². The molecule has 0 N–H and O–H groups in total. The van der Waals surface area contributed by atoms with Crippen molar-refractivity contribution in [3.63, 3.8) is 0 Å². The number of hydrogen-bond acceptors (Lipinski definition) is 3. The molecular weight excluding hydrogens is 264 g/mol. The molecule has 2 saturated heterocycles. The van der Waals surface area contributed by atoms with Crippen molar-refractivity contribution in [1.82, 2.24) is 9.80 Å². The minimum atomic E-state index is -0.897. The summed E-state index contributed by atoms with van der Waals surface area (Å²) in [7, 11) is 0.906. The summed E-state index contributed by atoms with van der Waals surface area (Å²) in [6.07, 6.45) is 2.68. The molecule has 2 aliphatic heterocycles. The van der Waals surface area contributed by atoms with E-state index in [1.807, 2.05) is 11.8 Å². The van der Waals surface area contributed by atoms with Gasteiger partial charge in [-0.25, -0.2) is 0 Å². The fourth-order valence-electron chi connectivity index (χ4n) is 3.00. The summed E-state index contributed by atoms with van der Waals surface area (Å²) in [5, 5.41) is 0. The third kappa shape index (κ3) is 3.16. The number of carbonyl (C=O) groups is 2. The molecule has 2 rings (SSSR count). The molecule has 2 amide bonds. The number of amides is 2. The van der Waals surface area contributed by atoms with Crippen molar-refractivity contribution in [2.45, 2.75) is 44.7 Å². The lowest BCUT2D eigenvalue weighted by atomic mass is 10.1. The third-order valence-corrected chi connectivity index (χ3v) is 5.40. The summed E-state index contributed by atoms with van der Waals surface area (Å²) in [6.45, 7) is 2.50. The Hall–Kier alpha value is -0.910. The van der Waals surface area contributed by atoms with Gasteiger partial charge in [-0.1, -0.05) is 6.92 Å². The van der Waals surface area contributed by atoms with E-state index in [9.17, 15) is 13.8 Å². The van der Waals surface area contributed by atoms with Gasteiger partial charge in [0, 0.05) is 60.8 Å². The Kier molecular flexibility index (Phi) is 4.60. The molecule has 0 aromatic rings. The van der Waals surface area contributed by atoms with E-state index >= 15 is 0 Å². The molecule has 2 fully saturated rings. The molecule has 0 aromatic carbocycles. The highest BCUT2D eigenvalue weighted by Gasteiger charge is 2.41. The first-order valence-corrected chi connectivity index (χ1v) is 8.41. The monoisotopic (exact) mass is 286 g/mol. The van der Waals surface area contributed by atoms with Crippen LogP contribution in [-0.2, 0) is 20.4 Å². The Morgan fingerprint density at radius 3 is 2.74 bits per heavy atom. The highest BCUT2D eigenvalue weighted by atomic mass is 32.2. The molecule has 5 nitrogen and oxygen atoms in total. The Morgan fingerprint density at radius 1 is 1.37 bits per heavy atom. The average molecular weight is 286 g/mol. The predicted molar refractivity (Wildman–Crippen MR) is 74.1 cm³/mol. The van der Waals surface area contributed by atoms with Crippen LogP contribution in [0.15, 0.2) is 0 Å². The van der Waals surface area contributed by atoms with Crippen LogP contribution in [0.5, 0.6) is 0 Å². The van der Waals surface area contributed by atoms with Gasteiger partial charge in [-0.15, -0.1) is 0 Å². The van der Waals surface area contributed by atoms with Gasteiger partial charge in [0.25, 0.3) is 0 Å². The van der Waals surface area contributed by atoms with E-state index in [-0.39, 0.29) is 23.9 Å². The quantitative estimate of drug-likeness (QED) is 0.750. The van der Waals surface area contributed by atoms with Crippen LogP contribution in [0.4, 0.5) is 0 Å². The fourth-order valence-corrected chi connectivity index (χ4v) is 3.69. The van der Waals surface area contributed by atoms with Crippen LogP contribution in [-0.4, -0.2) is 63.0 Å². The lowest BCUT2D eigenvalue weighted by Crippen LogP contribution is -2.43. The zero-order chi connectivity index (χ0) is 14.0. The molecule has 0 aliphatic carbocycles. The largest absolute Gasteiger partial charge is 0.344 e. The highest BCUT2D eigenvalue weighted by molar-refractivity contribution is 7.84. The summed E-state index contributed by atoms with van der Waals surface area (Å²) in [4.78, 5) is 27.8. The number of rotatable bonds is 4. The van der Waals surface area contributed by atoms with Crippen molar-refractivity contribution in [2.75, 3.05) is 25.1 Å². The second kappa shape index (κ2) is 6.03. The first kappa shape index (κ1) is 14.5. The van der Waals surface area contributed by atoms with E-state index in [0.717, 1.165) is 12.8 Å². The van der Waals surface area contributed by atoms with E-state index in [2.05, 4.69) is 0 Å². The predicted octanol–water partition coefficient (Wildman–Crippen LogP) is 0.367. The highest BCUT2D eigenvalue weighted by Crippen LogP contribution is 2.30. The first-order valence-electron chi connectivity index (χ1n) is 6.93. The molecule has 0 radical (unpaired) electrons. The summed E-state index contributed by atoms with van der Waals surface area (Å²) in [5.74, 6) is 1.23. The number of carbonyl (C=O) groups excluding carboxylic acids is 2. The number of likely N-dealkylation sites (tertiary alicyclic amines) is 1. The zero-order valence-electron chi connectivity index (χ0n) is 11.6. The van der Waals surface area contributed by atoms with Gasteiger partial charge in [0.2, 0.25) is 11.8 Å². The summed E-state index contributed by atoms with van der Waals surface area (Å²) in [5.41, 5.74) is 0. The normalized spacial score (nSPS) is 28.4. The van der Waals surface area contributed by atoms with Crippen LogP contribution < -0.4 is 0 Å². The van der Waals surface area contributed by atoms with E-state index in [1.54, 1.807) is 11.9 Å². The standard InChI is InChI=1S/C13H22N2O3S/c1-3-19(18)7-6-12(16)15-10-4-5-11(15)9-14(2)13(17)8-10/h10-11H,3-9H2,1-2H3/t10-,11+,19?/m1/s1. The van der Waals surface area contributed by atoms with Crippen molar-refractivity contribution in [3.05, 3.63) is 0 Å². The van der Waals surface area contributed by atoms with Crippen LogP contribution in [0.1, 0.15) is 32.6 Å². The molecule has 0 spiro atoms. The maximum absolute atomic E-state index is 12.3. The van der Waals surface area contributed by atoms with Gasteiger partial charge >= 0.3 is 0 Å². The maximum Gasteiger partial charge on any atom is 0.224 e. The van der Waals surface area contributed by atoms with Crippen molar-refractivity contribution in [2.24, 2.45) is 0 Å². The fraction of sp³-hybridized carbons (Fsp3) is 0.846. The van der Waals surface area contributed by atoms with Crippen molar-refractivity contribution in [3.8, 4) is 0 Å². The van der Waals surface area contributed by atoms with Crippen LogP contribution in [0.25, 0.3) is 0 Å². The van der Waals surface area contributed by atoms with Crippen molar-refractivity contribution < 1.29 is 13.8 Å². The van der Waals surface area contributed by atoms with E-state index in [4.69, 9.17) is 0 Å². The smallest absolute Gasteiger partial charge is 0.224 e. The molecule has 2 bridgehead atoms. The molecule has 0 saturated carbocycles. The van der Waals surface area contributed by atoms with Gasteiger partial charge in [0.15, 0.2) is 0 Å². The van der Waals surface area contributed by atoms with Gasteiger partial charge in [0.1, 0.15) is 0 Å². The topological polar surface area (TPSA) is 57.7 Å². The Labute approximate surface area is 116 Å². The lowest BCUT2D eigenvalue weighted by Gasteiger charge is -2.28. The summed E-state index contributed by atoms with van der Waals surface area (Å²) in [6, 6.07) is 0.217. The number of fused-ring (bicyclic) bond motifs is 2. The van der Waals surface area contributed by atoms with Crippen LogP contribution in [0, 0.1) is 0 Å². The number of hydrogen-bond donors (Lipinski definition) is 0. The van der Waals surface area contributed by atoms with Gasteiger partial charge < -0.3 is 9.80 Å². The molecule has 108 valence electrons. The summed E-state index contributed by atoms with van der Waals surface area (Å²) >= 11 is 0. The average Bonchev–Trinajstić information content (AvgIpc) is 2.72. The molecule has 3 atom stereocenters.